The van der Waals surface area contributed by atoms with E-state index in [1.165, 1.54) is 0 Å². The van der Waals surface area contributed by atoms with Gasteiger partial charge in [-0.3, -0.25) is 10.5 Å². The number of nitrogens with one attached hydrogen (secondary N) is 1. The van der Waals surface area contributed by atoms with E-state index in [9.17, 15) is 0 Å². The highest BCUT2D eigenvalue weighted by molar-refractivity contribution is 5.43. The van der Waals surface area contributed by atoms with Gasteiger partial charge < -0.3 is 10.3 Å². The number of hydrogen-bond acceptors (Lipinski definition) is 5. The topological polar surface area (TPSA) is 99.7 Å². The summed E-state index contributed by atoms with van der Waals surface area (Å²) in [6.07, 6.45) is 5.26. The first-order chi connectivity index (χ1) is 7.65. The molecule has 2 aromatic rings. The molecule has 0 aliphatic heterocycles. The van der Waals surface area contributed by atoms with Gasteiger partial charge in [0.1, 0.15) is 17.7 Å². The number of imidazole rings is 1. The van der Waals surface area contributed by atoms with Gasteiger partial charge in [-0.25, -0.2) is 10.4 Å². The number of nitrogen functional groups attached to an aromatic ring is 1. The number of nitrogens with two attached hydrogens (primary N) is 2. The first-order valence-corrected chi connectivity index (χ1v) is 4.86. The molecule has 7 heteroatoms. The van der Waals surface area contributed by atoms with Crippen molar-refractivity contribution in [3.05, 3.63) is 30.0 Å². The highest BCUT2D eigenvalue weighted by Gasteiger charge is 2.21. The van der Waals surface area contributed by atoms with Crippen LogP contribution in [0.15, 0.2) is 18.6 Å². The zero-order chi connectivity index (χ0) is 11.7. The van der Waals surface area contributed by atoms with E-state index in [0.29, 0.717) is 5.82 Å². The van der Waals surface area contributed by atoms with Crippen LogP contribution in [0.1, 0.15) is 17.4 Å². The van der Waals surface area contributed by atoms with Gasteiger partial charge in [0.2, 0.25) is 0 Å². The van der Waals surface area contributed by atoms with Crippen LogP contribution in [0, 0.1) is 0 Å². The maximum absolute atomic E-state index is 5.90. The number of hydrazine groups is 1. The molecule has 2 heterocycles. The Balaban J connectivity index is 2.45. The van der Waals surface area contributed by atoms with Gasteiger partial charge in [0, 0.05) is 32.1 Å². The molecule has 0 aromatic carbocycles. The van der Waals surface area contributed by atoms with Crippen LogP contribution < -0.4 is 17.0 Å². The van der Waals surface area contributed by atoms with E-state index in [2.05, 4.69) is 15.5 Å². The molecule has 0 saturated heterocycles. The summed E-state index contributed by atoms with van der Waals surface area (Å²) in [5, 5.41) is 4.08. The van der Waals surface area contributed by atoms with E-state index in [0.717, 1.165) is 11.4 Å². The van der Waals surface area contributed by atoms with Crippen LogP contribution in [-0.4, -0.2) is 19.3 Å². The molecule has 86 valence electrons. The standard InChI is InChI=1S/C9H15N7/c1-15-4-3-12-9(15)7(14-11)6-5-13-16(2)8(6)10/h3-5,7,14H,10-11H2,1-2H3. The molecule has 2 aromatic heterocycles. The Morgan fingerprint density at radius 1 is 1.44 bits per heavy atom. The second-order valence-electron chi connectivity index (χ2n) is 3.60. The van der Waals surface area contributed by atoms with Crippen molar-refractivity contribution in [3.63, 3.8) is 0 Å². The van der Waals surface area contributed by atoms with Crippen molar-refractivity contribution in [1.29, 1.82) is 0 Å². The lowest BCUT2D eigenvalue weighted by atomic mass is 10.1. The molecule has 16 heavy (non-hydrogen) atoms. The third-order valence-electron chi connectivity index (χ3n) is 2.61. The predicted molar refractivity (Wildman–Crippen MR) is 60.0 cm³/mol. The minimum absolute atomic E-state index is 0.256. The SMILES string of the molecule is Cn1ccnc1C(NN)c1cnn(C)c1N. The summed E-state index contributed by atoms with van der Waals surface area (Å²) < 4.78 is 3.49. The summed E-state index contributed by atoms with van der Waals surface area (Å²) in [6.45, 7) is 0. The van der Waals surface area contributed by atoms with Crippen LogP contribution in [0.2, 0.25) is 0 Å². The van der Waals surface area contributed by atoms with Crippen molar-refractivity contribution in [3.8, 4) is 0 Å². The van der Waals surface area contributed by atoms with Crippen molar-refractivity contribution < 1.29 is 0 Å². The molecule has 0 aliphatic carbocycles. The van der Waals surface area contributed by atoms with E-state index in [4.69, 9.17) is 11.6 Å². The van der Waals surface area contributed by atoms with Crippen LogP contribution in [0.3, 0.4) is 0 Å². The average molecular weight is 221 g/mol. The highest BCUT2D eigenvalue weighted by Crippen LogP contribution is 2.23. The van der Waals surface area contributed by atoms with E-state index in [-0.39, 0.29) is 6.04 Å². The van der Waals surface area contributed by atoms with Crippen LogP contribution in [-0.2, 0) is 14.1 Å². The summed E-state index contributed by atoms with van der Waals surface area (Å²) >= 11 is 0. The molecule has 0 spiro atoms. The van der Waals surface area contributed by atoms with Crippen molar-refractivity contribution in [2.45, 2.75) is 6.04 Å². The number of rotatable bonds is 3. The van der Waals surface area contributed by atoms with E-state index in [1.54, 1.807) is 24.1 Å². The van der Waals surface area contributed by atoms with Crippen LogP contribution in [0.4, 0.5) is 5.82 Å². The molecule has 5 N–H and O–H groups in total. The molecule has 2 rings (SSSR count). The van der Waals surface area contributed by atoms with Gasteiger partial charge in [-0.15, -0.1) is 0 Å². The molecule has 0 fully saturated rings. The molecule has 1 unspecified atom stereocenters. The predicted octanol–water partition coefficient (Wildman–Crippen LogP) is -0.711. The summed E-state index contributed by atoms with van der Waals surface area (Å²) in [6, 6.07) is -0.256. The van der Waals surface area contributed by atoms with Crippen molar-refractivity contribution >= 4 is 5.82 Å². The Labute approximate surface area is 93.0 Å². The molecule has 0 radical (unpaired) electrons. The Bertz CT molecular complexity index is 484. The lowest BCUT2D eigenvalue weighted by molar-refractivity contribution is 0.581. The van der Waals surface area contributed by atoms with Gasteiger partial charge in [0.05, 0.1) is 6.20 Å². The molecule has 0 bridgehead atoms. The quantitative estimate of drug-likeness (QED) is 0.469. The summed E-state index contributed by atoms with van der Waals surface area (Å²) in [5.41, 5.74) is 9.42. The maximum atomic E-state index is 5.90. The molecular weight excluding hydrogens is 206 g/mol. The Morgan fingerprint density at radius 3 is 2.62 bits per heavy atom. The fourth-order valence-electron chi connectivity index (χ4n) is 1.65. The van der Waals surface area contributed by atoms with E-state index >= 15 is 0 Å². The number of anilines is 1. The fraction of sp³-hybridized carbons (Fsp3) is 0.333. The molecule has 0 amide bonds. The summed E-state index contributed by atoms with van der Waals surface area (Å²) in [5.74, 6) is 6.92. The monoisotopic (exact) mass is 221 g/mol. The Hall–Kier alpha value is -1.86. The zero-order valence-corrected chi connectivity index (χ0v) is 9.25. The second kappa shape index (κ2) is 3.95. The molecule has 0 saturated carbocycles. The summed E-state index contributed by atoms with van der Waals surface area (Å²) in [7, 11) is 3.68. The lowest BCUT2D eigenvalue weighted by Gasteiger charge is -2.15. The minimum Gasteiger partial charge on any atom is -0.384 e. The highest BCUT2D eigenvalue weighted by atomic mass is 15.3. The first kappa shape index (κ1) is 10.7. The van der Waals surface area contributed by atoms with Gasteiger partial charge in [0.15, 0.2) is 0 Å². The van der Waals surface area contributed by atoms with Gasteiger partial charge in [0.25, 0.3) is 0 Å². The minimum atomic E-state index is -0.256. The van der Waals surface area contributed by atoms with Crippen LogP contribution in [0.5, 0.6) is 0 Å². The second-order valence-corrected chi connectivity index (χ2v) is 3.60. The molecule has 7 nitrogen and oxygen atoms in total. The van der Waals surface area contributed by atoms with E-state index < -0.39 is 0 Å². The van der Waals surface area contributed by atoms with Crippen molar-refractivity contribution in [2.24, 2.45) is 19.9 Å². The fourth-order valence-corrected chi connectivity index (χ4v) is 1.65. The van der Waals surface area contributed by atoms with Gasteiger partial charge in [-0.1, -0.05) is 0 Å². The van der Waals surface area contributed by atoms with Gasteiger partial charge >= 0.3 is 0 Å². The Morgan fingerprint density at radius 2 is 2.19 bits per heavy atom. The van der Waals surface area contributed by atoms with E-state index in [1.807, 2.05) is 17.8 Å². The van der Waals surface area contributed by atoms with Crippen molar-refractivity contribution in [2.75, 3.05) is 5.73 Å². The molecule has 0 aliphatic rings. The number of hydrogen-bond donors (Lipinski definition) is 3. The third-order valence-corrected chi connectivity index (χ3v) is 2.61. The number of nitrogens with zero attached hydrogens (tertiary/aromatic N) is 4. The van der Waals surface area contributed by atoms with Crippen molar-refractivity contribution in [1.82, 2.24) is 24.8 Å². The number of aryl methyl sites for hydroxylation is 2. The molecular formula is C9H15N7. The average Bonchev–Trinajstić information content (AvgIpc) is 2.81. The smallest absolute Gasteiger partial charge is 0.131 e. The van der Waals surface area contributed by atoms with Gasteiger partial charge in [-0.05, 0) is 0 Å². The maximum Gasteiger partial charge on any atom is 0.131 e. The van der Waals surface area contributed by atoms with Crippen LogP contribution >= 0.6 is 0 Å². The summed E-state index contributed by atoms with van der Waals surface area (Å²) in [4.78, 5) is 4.24. The number of aromatic nitrogens is 4. The van der Waals surface area contributed by atoms with Gasteiger partial charge in [-0.2, -0.15) is 5.10 Å². The first-order valence-electron chi connectivity index (χ1n) is 4.86. The van der Waals surface area contributed by atoms with Crippen LogP contribution in [0.25, 0.3) is 0 Å². The third kappa shape index (κ3) is 1.55. The Kier molecular flexibility index (Phi) is 2.63. The molecule has 1 atom stereocenters. The zero-order valence-electron chi connectivity index (χ0n) is 9.25. The largest absolute Gasteiger partial charge is 0.384 e. The lowest BCUT2D eigenvalue weighted by Crippen LogP contribution is -2.31. The normalized spacial score (nSPS) is 12.9.